The Kier molecular flexibility index (Phi) is 7.23. The van der Waals surface area contributed by atoms with Crippen LogP contribution in [-0.4, -0.2) is 20.7 Å². The van der Waals surface area contributed by atoms with Crippen molar-refractivity contribution in [3.63, 3.8) is 0 Å². The molecule has 1 aliphatic rings. The molecule has 1 aliphatic heterocycles. The number of alkyl halides is 4. The largest absolute Gasteiger partial charge is 0.480 e. The van der Waals surface area contributed by atoms with Crippen molar-refractivity contribution in [3.8, 4) is 22.9 Å². The van der Waals surface area contributed by atoms with E-state index in [9.17, 15) is 18.0 Å². The van der Waals surface area contributed by atoms with Gasteiger partial charge in [0.15, 0.2) is 5.11 Å². The summed E-state index contributed by atoms with van der Waals surface area (Å²) in [6, 6.07) is 19.8. The number of rotatable bonds is 5. The Morgan fingerprint density at radius 1 is 1.00 bits per heavy atom. The van der Waals surface area contributed by atoms with E-state index in [4.69, 9.17) is 22.2 Å². The lowest BCUT2D eigenvalue weighted by Gasteiger charge is -2.29. The zero-order valence-electron chi connectivity index (χ0n) is 20.0. The first-order chi connectivity index (χ1) is 17.3. The fourth-order valence-electron chi connectivity index (χ4n) is 4.18. The summed E-state index contributed by atoms with van der Waals surface area (Å²) in [6.07, 6.45) is -4.75. The lowest BCUT2D eigenvalue weighted by atomic mass is 10.0. The molecular weight excluding hydrogens is 614 g/mol. The number of nitrogens with zero attached hydrogens (tertiary/aromatic N) is 3. The van der Waals surface area contributed by atoms with E-state index in [1.54, 1.807) is 24.8 Å². The first kappa shape index (κ1) is 26.9. The molecule has 3 aromatic carbocycles. The summed E-state index contributed by atoms with van der Waals surface area (Å²) in [6.45, 7) is 5.27. The monoisotopic (exact) mass is 635 g/mol. The number of benzene rings is 3. The average Bonchev–Trinajstić information content (AvgIpc) is 3.02. The summed E-state index contributed by atoms with van der Waals surface area (Å²) in [5, 5.41) is 9.15. The molecule has 1 unspecified atom stereocenters. The standard InChI is InChI=1S/C27H21F3IN3O2S/c1-16(31)36-22-12-7-18(8-13-22)17-4-9-20(10-5-17)34-25(37)33(24(35)26(34,2)3)21-11-6-19(15-32)23(14-21)27(28,29)30/h4-14,16H,1-3H3. The maximum absolute atomic E-state index is 13.5. The molecule has 0 N–H and O–H groups in total. The van der Waals surface area contributed by atoms with Gasteiger partial charge in [-0.25, -0.2) is 0 Å². The second-order valence-corrected chi connectivity index (χ2v) is 11.0. The Morgan fingerprint density at radius 2 is 1.54 bits per heavy atom. The molecule has 1 heterocycles. The average molecular weight is 635 g/mol. The van der Waals surface area contributed by atoms with E-state index < -0.39 is 28.7 Å². The molecule has 10 heteroatoms. The van der Waals surface area contributed by atoms with Gasteiger partial charge in [-0.15, -0.1) is 0 Å². The minimum absolute atomic E-state index is 0.0435. The van der Waals surface area contributed by atoms with E-state index in [0.717, 1.165) is 33.9 Å². The van der Waals surface area contributed by atoms with Gasteiger partial charge in [-0.05, 0) is 109 Å². The summed E-state index contributed by atoms with van der Waals surface area (Å²) in [5.74, 6) is 0.293. The van der Waals surface area contributed by atoms with Crippen molar-refractivity contribution in [3.05, 3.63) is 77.9 Å². The highest BCUT2D eigenvalue weighted by molar-refractivity contribution is 14.1. The van der Waals surface area contributed by atoms with Crippen LogP contribution in [0.1, 0.15) is 31.9 Å². The van der Waals surface area contributed by atoms with Gasteiger partial charge in [-0.2, -0.15) is 18.4 Å². The van der Waals surface area contributed by atoms with Crippen LogP contribution in [0.4, 0.5) is 24.5 Å². The molecule has 1 atom stereocenters. The number of ether oxygens (including phenoxy) is 1. The Balaban J connectivity index is 1.65. The van der Waals surface area contributed by atoms with Gasteiger partial charge >= 0.3 is 6.18 Å². The van der Waals surface area contributed by atoms with Crippen LogP contribution in [0.2, 0.25) is 0 Å². The molecule has 0 aromatic heterocycles. The molecule has 0 aliphatic carbocycles. The van der Waals surface area contributed by atoms with Crippen molar-refractivity contribution in [1.29, 1.82) is 5.26 Å². The van der Waals surface area contributed by atoms with Crippen LogP contribution < -0.4 is 14.5 Å². The van der Waals surface area contributed by atoms with E-state index in [2.05, 4.69) is 22.6 Å². The van der Waals surface area contributed by atoms with E-state index in [-0.39, 0.29) is 14.9 Å². The number of hydrogen-bond acceptors (Lipinski definition) is 4. The Labute approximate surface area is 231 Å². The third-order valence-corrected chi connectivity index (χ3v) is 6.59. The van der Waals surface area contributed by atoms with E-state index in [1.165, 1.54) is 6.07 Å². The van der Waals surface area contributed by atoms with Gasteiger partial charge in [0.1, 0.15) is 15.4 Å². The fraction of sp³-hybridized carbons (Fsp3) is 0.222. The van der Waals surface area contributed by atoms with E-state index in [0.29, 0.717) is 5.69 Å². The Hall–Kier alpha value is -3.17. The van der Waals surface area contributed by atoms with Crippen molar-refractivity contribution in [1.82, 2.24) is 0 Å². The number of carbonyl (C=O) groups excluding carboxylic acids is 1. The third kappa shape index (κ3) is 5.15. The van der Waals surface area contributed by atoms with Crippen LogP contribution in [0.25, 0.3) is 11.1 Å². The summed E-state index contributed by atoms with van der Waals surface area (Å²) < 4.78 is 46.3. The molecule has 3 aromatic rings. The Bertz CT molecular complexity index is 1400. The summed E-state index contributed by atoms with van der Waals surface area (Å²) >= 11 is 7.77. The van der Waals surface area contributed by atoms with Crippen LogP contribution in [0.15, 0.2) is 66.7 Å². The van der Waals surface area contributed by atoms with Crippen molar-refractivity contribution < 1.29 is 22.7 Å². The molecular formula is C27H21F3IN3O2S. The molecule has 5 nitrogen and oxygen atoms in total. The number of carbonyl (C=O) groups is 1. The van der Waals surface area contributed by atoms with Crippen LogP contribution in [0.3, 0.4) is 0 Å². The van der Waals surface area contributed by atoms with Crippen LogP contribution in [-0.2, 0) is 11.0 Å². The van der Waals surface area contributed by atoms with Crippen molar-refractivity contribution in [2.45, 2.75) is 36.6 Å². The molecule has 1 saturated heterocycles. The second-order valence-electron chi connectivity index (χ2n) is 8.89. The molecule has 4 rings (SSSR count). The molecule has 37 heavy (non-hydrogen) atoms. The predicted molar refractivity (Wildman–Crippen MR) is 149 cm³/mol. The number of thiocarbonyl (C=S) groups is 1. The van der Waals surface area contributed by atoms with Gasteiger partial charge in [-0.3, -0.25) is 9.69 Å². The summed E-state index contributed by atoms with van der Waals surface area (Å²) in [7, 11) is 0. The number of hydrogen-bond donors (Lipinski definition) is 0. The summed E-state index contributed by atoms with van der Waals surface area (Å²) in [4.78, 5) is 16.1. The number of nitriles is 1. The molecule has 1 fully saturated rings. The molecule has 190 valence electrons. The topological polar surface area (TPSA) is 56.6 Å². The predicted octanol–water partition coefficient (Wildman–Crippen LogP) is 7.32. The Morgan fingerprint density at radius 3 is 2.05 bits per heavy atom. The first-order valence-electron chi connectivity index (χ1n) is 11.2. The van der Waals surface area contributed by atoms with Gasteiger partial charge in [-0.1, -0.05) is 24.3 Å². The quantitative estimate of drug-likeness (QED) is 0.167. The van der Waals surface area contributed by atoms with Gasteiger partial charge in [0.05, 0.1) is 22.9 Å². The van der Waals surface area contributed by atoms with Crippen LogP contribution >= 0.6 is 34.8 Å². The third-order valence-electron chi connectivity index (χ3n) is 5.97. The van der Waals surface area contributed by atoms with Crippen molar-refractivity contribution in [2.24, 2.45) is 0 Å². The molecule has 0 radical (unpaired) electrons. The summed E-state index contributed by atoms with van der Waals surface area (Å²) in [5.41, 5.74) is -0.310. The SMILES string of the molecule is CC(I)Oc1ccc(-c2ccc(N3C(=S)N(c4ccc(C#N)c(C(F)(F)F)c4)C(=O)C3(C)C)cc2)cc1. The highest BCUT2D eigenvalue weighted by Gasteiger charge is 2.50. The fourth-order valence-corrected chi connectivity index (χ4v) is 4.99. The van der Waals surface area contributed by atoms with Crippen molar-refractivity contribution >= 4 is 57.2 Å². The zero-order chi connectivity index (χ0) is 27.1. The van der Waals surface area contributed by atoms with Gasteiger partial charge < -0.3 is 9.64 Å². The maximum atomic E-state index is 13.5. The second kappa shape index (κ2) is 9.95. The number of anilines is 2. The minimum Gasteiger partial charge on any atom is -0.480 e. The van der Waals surface area contributed by atoms with Crippen LogP contribution in [0, 0.1) is 11.3 Å². The van der Waals surface area contributed by atoms with Crippen molar-refractivity contribution in [2.75, 3.05) is 9.80 Å². The highest BCUT2D eigenvalue weighted by atomic mass is 127. The molecule has 0 spiro atoms. The van der Waals surface area contributed by atoms with Gasteiger partial charge in [0.2, 0.25) is 0 Å². The molecule has 1 amide bonds. The highest BCUT2D eigenvalue weighted by Crippen LogP contribution is 2.40. The normalized spacial score (nSPS) is 16.1. The van der Waals surface area contributed by atoms with Gasteiger partial charge in [0.25, 0.3) is 5.91 Å². The maximum Gasteiger partial charge on any atom is 0.417 e. The lowest BCUT2D eigenvalue weighted by molar-refractivity contribution is -0.137. The smallest absolute Gasteiger partial charge is 0.417 e. The van der Waals surface area contributed by atoms with E-state index in [1.807, 2.05) is 55.5 Å². The van der Waals surface area contributed by atoms with Crippen LogP contribution in [0.5, 0.6) is 5.75 Å². The van der Waals surface area contributed by atoms with Gasteiger partial charge in [0, 0.05) is 5.69 Å². The zero-order valence-corrected chi connectivity index (χ0v) is 23.0. The molecule has 0 bridgehead atoms. The lowest BCUT2D eigenvalue weighted by Crippen LogP contribution is -2.44. The molecule has 0 saturated carbocycles. The number of halogens is 4. The first-order valence-corrected chi connectivity index (χ1v) is 12.8. The van der Waals surface area contributed by atoms with E-state index >= 15 is 0 Å². The minimum atomic E-state index is -4.75. The number of amides is 1.